The maximum atomic E-state index is 12.3. The van der Waals surface area contributed by atoms with Gasteiger partial charge in [-0.2, -0.15) is 0 Å². The Labute approximate surface area is 152 Å². The van der Waals surface area contributed by atoms with Gasteiger partial charge in [0.05, 0.1) is 0 Å². The summed E-state index contributed by atoms with van der Waals surface area (Å²) in [6.45, 7) is 2.22. The normalized spacial score (nSPS) is 20.5. The number of carbonyl (C=O) groups is 1. The molecule has 5 rings (SSSR count). The fourth-order valence-corrected chi connectivity index (χ4v) is 4.56. The number of benzene rings is 3. The maximum absolute atomic E-state index is 12.3. The average Bonchev–Trinajstić information content (AvgIpc) is 3.19. The maximum Gasteiger partial charge on any atom is 0.324 e. The third-order valence-corrected chi connectivity index (χ3v) is 5.70. The molecule has 0 spiro atoms. The number of hydrogen-bond acceptors (Lipinski definition) is 3. The molecule has 1 aliphatic carbocycles. The summed E-state index contributed by atoms with van der Waals surface area (Å²) < 4.78 is 5.45. The summed E-state index contributed by atoms with van der Waals surface area (Å²) in [4.78, 5) is 14.5. The Bertz CT molecular complexity index is 950. The van der Waals surface area contributed by atoms with Crippen LogP contribution in [0.1, 0.15) is 23.6 Å². The van der Waals surface area contributed by atoms with Crippen LogP contribution in [0.25, 0.3) is 11.1 Å². The van der Waals surface area contributed by atoms with E-state index in [1.54, 1.807) is 0 Å². The smallest absolute Gasteiger partial charge is 0.324 e. The Morgan fingerprint density at radius 1 is 0.846 bits per heavy atom. The molecule has 0 bridgehead atoms. The quantitative estimate of drug-likeness (QED) is 0.656. The third kappa shape index (κ3) is 1.84. The second kappa shape index (κ2) is 5.55. The van der Waals surface area contributed by atoms with Crippen molar-refractivity contribution in [2.45, 2.75) is 18.5 Å². The standard InChI is InChI=1S/C23H19NO2/c1-16-22(25)26-15-24(16)23(17-9-3-2-4-10-17)20-13-7-5-11-18(20)19-12-6-8-14-21(19)23/h2-14,16H,15H2,1H3/t16-/m0/s1. The van der Waals surface area contributed by atoms with Crippen LogP contribution in [-0.2, 0) is 15.1 Å². The molecule has 1 heterocycles. The molecular formula is C23H19NO2. The molecule has 0 aromatic heterocycles. The SMILES string of the molecule is C[C@H]1C(=O)OCN1C1(c2ccccc2)c2ccccc2-c2ccccc21. The van der Waals surface area contributed by atoms with Crippen LogP contribution in [0.2, 0.25) is 0 Å². The molecule has 0 N–H and O–H groups in total. The van der Waals surface area contributed by atoms with Crippen LogP contribution in [0.5, 0.6) is 0 Å². The van der Waals surface area contributed by atoms with E-state index in [1.165, 1.54) is 22.3 Å². The minimum Gasteiger partial charge on any atom is -0.448 e. The summed E-state index contributed by atoms with van der Waals surface area (Å²) in [5, 5.41) is 0. The molecule has 3 heteroatoms. The molecule has 26 heavy (non-hydrogen) atoms. The van der Waals surface area contributed by atoms with Gasteiger partial charge in [-0.05, 0) is 34.7 Å². The highest BCUT2D eigenvalue weighted by atomic mass is 16.6. The van der Waals surface area contributed by atoms with Gasteiger partial charge in [0, 0.05) is 0 Å². The van der Waals surface area contributed by atoms with Gasteiger partial charge in [-0.3, -0.25) is 4.79 Å². The van der Waals surface area contributed by atoms with Gasteiger partial charge in [-0.25, -0.2) is 4.90 Å². The van der Waals surface area contributed by atoms with E-state index in [0.717, 1.165) is 5.56 Å². The lowest BCUT2D eigenvalue weighted by Crippen LogP contribution is -2.49. The highest BCUT2D eigenvalue weighted by Crippen LogP contribution is 2.55. The van der Waals surface area contributed by atoms with Crippen molar-refractivity contribution in [2.24, 2.45) is 0 Å². The molecule has 128 valence electrons. The van der Waals surface area contributed by atoms with Gasteiger partial charge < -0.3 is 4.74 Å². The molecular weight excluding hydrogens is 322 g/mol. The number of ether oxygens (including phenoxy) is 1. The number of fused-ring (bicyclic) bond motifs is 3. The van der Waals surface area contributed by atoms with Crippen LogP contribution in [0, 0.1) is 0 Å². The van der Waals surface area contributed by atoms with Gasteiger partial charge in [-0.1, -0.05) is 78.9 Å². The fraction of sp³-hybridized carbons (Fsp3) is 0.174. The van der Waals surface area contributed by atoms with Gasteiger partial charge >= 0.3 is 5.97 Å². The largest absolute Gasteiger partial charge is 0.448 e. The summed E-state index contributed by atoms with van der Waals surface area (Å²) in [7, 11) is 0. The highest BCUT2D eigenvalue weighted by molar-refractivity contribution is 5.85. The molecule has 3 aromatic rings. The molecule has 3 aromatic carbocycles. The lowest BCUT2D eigenvalue weighted by Gasteiger charge is -2.41. The van der Waals surface area contributed by atoms with E-state index in [0.29, 0.717) is 0 Å². The number of cyclic esters (lactones) is 1. The number of esters is 1. The summed E-state index contributed by atoms with van der Waals surface area (Å²) in [5.74, 6) is -0.165. The van der Waals surface area contributed by atoms with E-state index < -0.39 is 5.54 Å². The van der Waals surface area contributed by atoms with Crippen molar-refractivity contribution in [3.63, 3.8) is 0 Å². The molecule has 0 amide bonds. The first-order chi connectivity index (χ1) is 12.7. The van der Waals surface area contributed by atoms with Crippen LogP contribution >= 0.6 is 0 Å². The highest BCUT2D eigenvalue weighted by Gasteiger charge is 2.53. The van der Waals surface area contributed by atoms with E-state index in [-0.39, 0.29) is 18.7 Å². The molecule has 0 radical (unpaired) electrons. The first-order valence-electron chi connectivity index (χ1n) is 8.93. The van der Waals surface area contributed by atoms with Gasteiger partial charge in [0.15, 0.2) is 0 Å². The minimum atomic E-state index is -0.528. The zero-order chi connectivity index (χ0) is 17.7. The predicted octanol–water partition coefficient (Wildman–Crippen LogP) is 4.16. The Hall–Kier alpha value is -2.91. The third-order valence-electron chi connectivity index (χ3n) is 5.70. The van der Waals surface area contributed by atoms with Crippen LogP contribution in [0.4, 0.5) is 0 Å². The molecule has 1 aliphatic heterocycles. The van der Waals surface area contributed by atoms with Gasteiger partial charge in [-0.15, -0.1) is 0 Å². The zero-order valence-corrected chi connectivity index (χ0v) is 14.6. The van der Waals surface area contributed by atoms with Crippen molar-refractivity contribution in [3.8, 4) is 11.1 Å². The van der Waals surface area contributed by atoms with E-state index in [1.807, 2.05) is 13.0 Å². The van der Waals surface area contributed by atoms with Gasteiger partial charge in [0.2, 0.25) is 0 Å². The Morgan fingerprint density at radius 2 is 1.38 bits per heavy atom. The number of nitrogens with zero attached hydrogens (tertiary/aromatic N) is 1. The van der Waals surface area contributed by atoms with Crippen LogP contribution in [0.3, 0.4) is 0 Å². The fourth-order valence-electron chi connectivity index (χ4n) is 4.56. The Morgan fingerprint density at radius 3 is 1.92 bits per heavy atom. The van der Waals surface area contributed by atoms with E-state index in [2.05, 4.69) is 77.7 Å². The molecule has 3 nitrogen and oxygen atoms in total. The second-order valence-electron chi connectivity index (χ2n) is 6.91. The lowest BCUT2D eigenvalue weighted by atomic mass is 9.78. The first kappa shape index (κ1) is 15.4. The topological polar surface area (TPSA) is 29.5 Å². The molecule has 0 saturated carbocycles. The van der Waals surface area contributed by atoms with Crippen LogP contribution in [0.15, 0.2) is 78.9 Å². The zero-order valence-electron chi connectivity index (χ0n) is 14.6. The number of hydrogen-bond donors (Lipinski definition) is 0. The van der Waals surface area contributed by atoms with E-state index >= 15 is 0 Å². The van der Waals surface area contributed by atoms with Crippen molar-refractivity contribution in [1.29, 1.82) is 0 Å². The number of rotatable bonds is 2. The molecule has 1 fully saturated rings. The average molecular weight is 341 g/mol. The van der Waals surface area contributed by atoms with Crippen molar-refractivity contribution in [2.75, 3.05) is 6.73 Å². The summed E-state index contributed by atoms with van der Waals surface area (Å²) in [6, 6.07) is 27.1. The molecule has 1 saturated heterocycles. The van der Waals surface area contributed by atoms with Crippen LogP contribution in [-0.4, -0.2) is 23.6 Å². The first-order valence-corrected chi connectivity index (χ1v) is 8.93. The number of carbonyl (C=O) groups excluding carboxylic acids is 1. The van der Waals surface area contributed by atoms with Crippen molar-refractivity contribution < 1.29 is 9.53 Å². The van der Waals surface area contributed by atoms with Gasteiger partial charge in [0.1, 0.15) is 18.3 Å². The second-order valence-corrected chi connectivity index (χ2v) is 6.91. The molecule has 0 unspecified atom stereocenters. The Kier molecular flexibility index (Phi) is 3.28. The summed E-state index contributed by atoms with van der Waals surface area (Å²) in [6.07, 6.45) is 0. The van der Waals surface area contributed by atoms with Crippen molar-refractivity contribution >= 4 is 5.97 Å². The summed E-state index contributed by atoms with van der Waals surface area (Å²) in [5.41, 5.74) is 5.48. The Balaban J connectivity index is 1.90. The monoisotopic (exact) mass is 341 g/mol. The molecule has 1 atom stereocenters. The van der Waals surface area contributed by atoms with Crippen molar-refractivity contribution in [1.82, 2.24) is 4.90 Å². The van der Waals surface area contributed by atoms with Gasteiger partial charge in [0.25, 0.3) is 0 Å². The minimum absolute atomic E-state index is 0.165. The predicted molar refractivity (Wildman–Crippen MR) is 100 cm³/mol. The van der Waals surface area contributed by atoms with Crippen LogP contribution < -0.4 is 0 Å². The molecule has 2 aliphatic rings. The lowest BCUT2D eigenvalue weighted by molar-refractivity contribution is -0.138. The summed E-state index contributed by atoms with van der Waals surface area (Å²) >= 11 is 0. The van der Waals surface area contributed by atoms with E-state index in [9.17, 15) is 4.79 Å². The van der Waals surface area contributed by atoms with Crippen molar-refractivity contribution in [3.05, 3.63) is 95.6 Å². The van der Waals surface area contributed by atoms with E-state index in [4.69, 9.17) is 4.74 Å².